The van der Waals surface area contributed by atoms with Gasteiger partial charge >= 0.3 is 5.97 Å². The van der Waals surface area contributed by atoms with Gasteiger partial charge in [-0.15, -0.1) is 0 Å². The molecule has 1 fully saturated rings. The number of nitrogens with two attached hydrogens (primary N) is 1. The van der Waals surface area contributed by atoms with Crippen molar-refractivity contribution in [2.24, 2.45) is 47.2 Å². The first kappa shape index (κ1) is 49.1. The Hall–Kier alpha value is -4.83. The van der Waals surface area contributed by atoms with Gasteiger partial charge in [0.15, 0.2) is 5.79 Å². The van der Waals surface area contributed by atoms with E-state index < -0.39 is 41.3 Å². The van der Waals surface area contributed by atoms with Crippen LogP contribution in [0.1, 0.15) is 138 Å². The van der Waals surface area contributed by atoms with Crippen molar-refractivity contribution < 1.29 is 39.9 Å². The normalized spacial score (nSPS) is 26.8. The lowest BCUT2D eigenvalue weighted by molar-refractivity contribution is -0.212. The molecule has 0 amide bonds. The zero-order valence-corrected chi connectivity index (χ0v) is 38.9. The number of aliphatic carboxylic acids is 1. The Morgan fingerprint density at radius 3 is 2.53 bits per heavy atom. The van der Waals surface area contributed by atoms with Crippen molar-refractivity contribution in [1.29, 1.82) is 0 Å². The number of carbonyl (C=O) groups is 3. The Morgan fingerprint density at radius 2 is 1.76 bits per heavy atom. The molecule has 1 saturated carbocycles. The van der Waals surface area contributed by atoms with Gasteiger partial charge in [0.25, 0.3) is 0 Å². The number of allylic oxidation sites excluding steroid dienone is 2. The maximum atomic E-state index is 14.0. The van der Waals surface area contributed by atoms with Gasteiger partial charge in [-0.25, -0.2) is 0 Å². The van der Waals surface area contributed by atoms with Crippen molar-refractivity contribution in [3.63, 3.8) is 0 Å². The smallest absolute Gasteiger partial charge is 0.308 e. The molecule has 354 valence electrons. The van der Waals surface area contributed by atoms with Gasteiger partial charge in [-0.05, 0) is 141 Å². The molecule has 2 bridgehead atoms. The summed E-state index contributed by atoms with van der Waals surface area (Å²) in [5.41, 5.74) is 9.88. The third-order valence-electron chi connectivity index (χ3n) is 16.1. The van der Waals surface area contributed by atoms with Crippen LogP contribution in [0.2, 0.25) is 0 Å². The molecule has 7 N–H and O–H groups in total. The number of carbonyl (C=O) groups excluding carboxylic acids is 2. The van der Waals surface area contributed by atoms with Gasteiger partial charge in [0.2, 0.25) is 0 Å². The van der Waals surface area contributed by atoms with Gasteiger partial charge in [-0.3, -0.25) is 4.79 Å². The summed E-state index contributed by atoms with van der Waals surface area (Å²) < 4.78 is 0. The van der Waals surface area contributed by atoms with E-state index in [1.165, 1.54) is 5.57 Å². The van der Waals surface area contributed by atoms with Crippen LogP contribution in [0.15, 0.2) is 90.5 Å². The van der Waals surface area contributed by atoms with Gasteiger partial charge in [-0.2, -0.15) is 0 Å². The zero-order chi connectivity index (χ0) is 46.8. The van der Waals surface area contributed by atoms with E-state index >= 15 is 0 Å². The predicted octanol–water partition coefficient (Wildman–Crippen LogP) is 8.88. The molecule has 1 spiro atoms. The van der Waals surface area contributed by atoms with Gasteiger partial charge in [0.05, 0.1) is 12.3 Å². The Bertz CT molecular complexity index is 2350. The molecule has 0 heterocycles. The Kier molecular flexibility index (Phi) is 16.6. The highest BCUT2D eigenvalue weighted by Gasteiger charge is 2.56. The number of aryl methyl sites for hydroxylation is 1. The molecule has 66 heavy (non-hydrogen) atoms. The quantitative estimate of drug-likeness (QED) is 0.0297. The Labute approximate surface area is 391 Å². The standard InChI is InChI=1S/C57H73NO8/c1-2-3-5-15-45-35-43(23-24-52(45)61)49-33-39-12-10-18-47(32-39)56(27-25-44-34-42-14-8-9-19-48(42)54(62)50(44)36-56)53(55(63)64)51(57(65,66)28-30-59)20-11-17-40(49)13-6-4-7-16-46(37-60)41-22-21-38(31-41)26-29-58/h8-12,14,18-20,23-24,30-32,34-35,37,40-41,44,46,49-51,53,61-62,65-66H,2-7,13,15-17,21-22,25-29,33,36,58H2,1H3,(H,63,64). The number of fused-ring (bicyclic) bond motifs is 5. The van der Waals surface area contributed by atoms with E-state index in [1.54, 1.807) is 6.08 Å². The lowest BCUT2D eigenvalue weighted by atomic mass is 9.52. The minimum absolute atomic E-state index is 0.00705. The number of phenols is 1. The summed E-state index contributed by atoms with van der Waals surface area (Å²) >= 11 is 0. The molecule has 3 aromatic rings. The molecule has 7 rings (SSSR count). The first-order valence-corrected chi connectivity index (χ1v) is 25.0. The fraction of sp³-hybridized carbons (Fsp3) is 0.526. The summed E-state index contributed by atoms with van der Waals surface area (Å²) in [5.74, 6) is -6.20. The molecule has 0 saturated heterocycles. The third kappa shape index (κ3) is 11.0. The summed E-state index contributed by atoms with van der Waals surface area (Å²) in [6.07, 6.45) is 22.6. The summed E-state index contributed by atoms with van der Waals surface area (Å²) in [5, 5.41) is 59.9. The number of aliphatic hydroxyl groups is 3. The van der Waals surface area contributed by atoms with Crippen LogP contribution in [0.25, 0.3) is 11.8 Å². The van der Waals surface area contributed by atoms with E-state index in [0.717, 1.165) is 116 Å². The molecular weight excluding hydrogens is 827 g/mol. The molecule has 4 aliphatic rings. The molecule has 9 unspecified atom stereocenters. The molecule has 3 aromatic carbocycles. The third-order valence-corrected chi connectivity index (χ3v) is 16.1. The Morgan fingerprint density at radius 1 is 0.924 bits per heavy atom. The number of rotatable bonds is 19. The van der Waals surface area contributed by atoms with Crippen LogP contribution in [-0.4, -0.2) is 56.4 Å². The Balaban J connectivity index is 1.28. The average Bonchev–Trinajstić information content (AvgIpc) is 3.77. The van der Waals surface area contributed by atoms with Gasteiger partial charge < -0.3 is 40.9 Å². The lowest BCUT2D eigenvalue weighted by Crippen LogP contribution is -2.55. The average molecular weight is 900 g/mol. The minimum Gasteiger partial charge on any atom is -0.511 e. The second kappa shape index (κ2) is 22.3. The first-order chi connectivity index (χ1) is 31.9. The predicted molar refractivity (Wildman–Crippen MR) is 260 cm³/mol. The number of hydrogen-bond donors (Lipinski definition) is 6. The van der Waals surface area contributed by atoms with E-state index in [4.69, 9.17) is 5.73 Å². The second-order valence-corrected chi connectivity index (χ2v) is 20.2. The molecular formula is C57H73NO8. The van der Waals surface area contributed by atoms with E-state index in [-0.39, 0.29) is 41.8 Å². The summed E-state index contributed by atoms with van der Waals surface area (Å²) in [7, 11) is 0. The van der Waals surface area contributed by atoms with Crippen LogP contribution in [0.5, 0.6) is 5.75 Å². The van der Waals surface area contributed by atoms with E-state index in [0.29, 0.717) is 44.3 Å². The van der Waals surface area contributed by atoms with Crippen LogP contribution in [0.4, 0.5) is 0 Å². The largest absolute Gasteiger partial charge is 0.511 e. The molecule has 9 atom stereocenters. The summed E-state index contributed by atoms with van der Waals surface area (Å²) in [4.78, 5) is 38.5. The number of carboxylic acid groups (broad SMARTS) is 1. The van der Waals surface area contributed by atoms with Crippen molar-refractivity contribution in [3.8, 4) is 5.75 Å². The van der Waals surface area contributed by atoms with Crippen molar-refractivity contribution in [1.82, 2.24) is 0 Å². The molecule has 0 aromatic heterocycles. The highest BCUT2D eigenvalue weighted by molar-refractivity contribution is 5.74. The highest BCUT2D eigenvalue weighted by Crippen LogP contribution is 2.55. The number of benzene rings is 3. The monoisotopic (exact) mass is 900 g/mol. The number of aromatic hydroxyl groups is 1. The van der Waals surface area contributed by atoms with Crippen molar-refractivity contribution in [3.05, 3.63) is 123 Å². The first-order valence-electron chi connectivity index (χ1n) is 25.0. The van der Waals surface area contributed by atoms with E-state index in [2.05, 4.69) is 37.3 Å². The summed E-state index contributed by atoms with van der Waals surface area (Å²) in [6.45, 7) is 2.79. The van der Waals surface area contributed by atoms with Crippen molar-refractivity contribution >= 4 is 30.4 Å². The summed E-state index contributed by atoms with van der Waals surface area (Å²) in [6, 6.07) is 21.9. The van der Waals surface area contributed by atoms with Crippen molar-refractivity contribution in [2.75, 3.05) is 6.54 Å². The number of carboxylic acids is 1. The van der Waals surface area contributed by atoms with E-state index in [9.17, 15) is 39.9 Å². The second-order valence-electron chi connectivity index (χ2n) is 20.2. The fourth-order valence-electron chi connectivity index (χ4n) is 12.5. The lowest BCUT2D eigenvalue weighted by Gasteiger charge is -2.51. The maximum absolute atomic E-state index is 14.0. The van der Waals surface area contributed by atoms with Gasteiger partial charge in [0, 0.05) is 28.4 Å². The van der Waals surface area contributed by atoms with E-state index in [1.807, 2.05) is 54.6 Å². The van der Waals surface area contributed by atoms with Crippen LogP contribution in [0, 0.1) is 41.4 Å². The van der Waals surface area contributed by atoms with Crippen molar-refractivity contribution in [2.45, 2.75) is 140 Å². The highest BCUT2D eigenvalue weighted by atomic mass is 16.5. The molecule has 0 radical (unpaired) electrons. The van der Waals surface area contributed by atoms with Crippen LogP contribution >= 0.6 is 0 Å². The molecule has 9 heteroatoms. The number of unbranched alkanes of at least 4 members (excludes halogenated alkanes) is 4. The molecule has 0 aliphatic heterocycles. The van der Waals surface area contributed by atoms with Crippen LogP contribution in [0.3, 0.4) is 0 Å². The van der Waals surface area contributed by atoms with Crippen LogP contribution in [-0.2, 0) is 32.6 Å². The number of phenolic OH excluding ortho intramolecular Hbond substituents is 1. The topological polar surface area (TPSA) is 178 Å². The van der Waals surface area contributed by atoms with Gasteiger partial charge in [-0.1, -0.05) is 130 Å². The number of hydrogen-bond acceptors (Lipinski definition) is 8. The number of aldehydes is 2. The minimum atomic E-state index is -2.67. The molecule has 9 nitrogen and oxygen atoms in total. The SMILES string of the molecule is CCCCCc1cc(C2Cc3cccc(c3)C3(CCC4C=c5ccccc5=C(O)C4C3)C(C(=O)O)C(C(O)(O)CC=O)C=CCC2CCCCCC(C=O)C2C=C(CCN)CC2)ccc1O. The van der Waals surface area contributed by atoms with Gasteiger partial charge in [0.1, 0.15) is 24.1 Å². The number of aliphatic hydroxyl groups excluding tert-OH is 1. The fourth-order valence-corrected chi connectivity index (χ4v) is 12.5. The zero-order valence-electron chi connectivity index (χ0n) is 38.9. The van der Waals surface area contributed by atoms with Crippen LogP contribution < -0.4 is 16.2 Å². The maximum Gasteiger partial charge on any atom is 0.308 e. The molecule has 4 aliphatic carbocycles.